The van der Waals surface area contributed by atoms with Gasteiger partial charge in [0, 0.05) is 0 Å². The maximum Gasteiger partial charge on any atom is 0.236 e. The summed E-state index contributed by atoms with van der Waals surface area (Å²) in [5.74, 6) is -0.812. The van der Waals surface area contributed by atoms with Crippen LogP contribution in [0.1, 0.15) is 25.5 Å². The van der Waals surface area contributed by atoms with Crippen molar-refractivity contribution in [3.63, 3.8) is 0 Å². The Morgan fingerprint density at radius 2 is 1.95 bits per heavy atom. The van der Waals surface area contributed by atoms with Gasteiger partial charge in [-0.2, -0.15) is 4.39 Å². The van der Waals surface area contributed by atoms with Crippen LogP contribution >= 0.6 is 0 Å². The molecular formula is C15H18F2N2. The molecule has 0 bridgehead atoms. The van der Waals surface area contributed by atoms with E-state index in [2.05, 4.69) is 18.3 Å². The highest BCUT2D eigenvalue weighted by molar-refractivity contribution is 5.35. The van der Waals surface area contributed by atoms with Crippen molar-refractivity contribution < 1.29 is 8.78 Å². The van der Waals surface area contributed by atoms with Crippen molar-refractivity contribution in [1.82, 2.24) is 4.90 Å². The van der Waals surface area contributed by atoms with Crippen LogP contribution in [-0.4, -0.2) is 18.4 Å². The van der Waals surface area contributed by atoms with E-state index in [4.69, 9.17) is 0 Å². The zero-order valence-corrected chi connectivity index (χ0v) is 11.2. The van der Waals surface area contributed by atoms with E-state index >= 15 is 0 Å². The summed E-state index contributed by atoms with van der Waals surface area (Å²) in [6.45, 7) is 9.39. The second-order valence-corrected chi connectivity index (χ2v) is 4.25. The van der Waals surface area contributed by atoms with Gasteiger partial charge in [-0.1, -0.05) is 36.9 Å². The lowest BCUT2D eigenvalue weighted by molar-refractivity contribution is 0.182. The fourth-order valence-corrected chi connectivity index (χ4v) is 1.88. The summed E-state index contributed by atoms with van der Waals surface area (Å²) in [5, 5.41) is 0. The van der Waals surface area contributed by atoms with Crippen molar-refractivity contribution in [2.75, 3.05) is 6.80 Å². The van der Waals surface area contributed by atoms with Crippen LogP contribution in [-0.2, 0) is 0 Å². The molecule has 0 heterocycles. The Hall–Kier alpha value is -1.97. The molecule has 0 radical (unpaired) electrons. The van der Waals surface area contributed by atoms with Crippen LogP contribution in [0.3, 0.4) is 0 Å². The molecule has 0 aliphatic heterocycles. The predicted molar refractivity (Wildman–Crippen MR) is 75.2 cm³/mol. The fraction of sp³-hybridized carbons (Fsp3) is 0.267. The highest BCUT2D eigenvalue weighted by Crippen LogP contribution is 2.29. The first-order valence-electron chi connectivity index (χ1n) is 5.92. The quantitative estimate of drug-likeness (QED) is 0.422. The zero-order chi connectivity index (χ0) is 14.4. The third-order valence-electron chi connectivity index (χ3n) is 2.90. The summed E-state index contributed by atoms with van der Waals surface area (Å²) in [7, 11) is 0. The third-order valence-corrected chi connectivity index (χ3v) is 2.90. The molecule has 2 nitrogen and oxygen atoms in total. The summed E-state index contributed by atoms with van der Waals surface area (Å²) in [6.07, 6.45) is 0. The van der Waals surface area contributed by atoms with Crippen molar-refractivity contribution in [2.24, 2.45) is 4.99 Å². The van der Waals surface area contributed by atoms with Crippen LogP contribution in [0.25, 0.3) is 0 Å². The van der Waals surface area contributed by atoms with E-state index in [0.29, 0.717) is 5.57 Å². The van der Waals surface area contributed by atoms with Gasteiger partial charge in [0.2, 0.25) is 5.95 Å². The summed E-state index contributed by atoms with van der Waals surface area (Å²) >= 11 is 0. The lowest BCUT2D eigenvalue weighted by Crippen LogP contribution is -2.27. The number of nitrogens with zero attached hydrogens (tertiary/aromatic N) is 2. The molecule has 102 valence electrons. The van der Waals surface area contributed by atoms with Crippen LogP contribution in [0.15, 0.2) is 59.1 Å². The van der Waals surface area contributed by atoms with Gasteiger partial charge in [-0.25, -0.2) is 9.38 Å². The van der Waals surface area contributed by atoms with Gasteiger partial charge < -0.3 is 4.90 Å². The van der Waals surface area contributed by atoms with E-state index in [1.165, 1.54) is 4.90 Å². The predicted octanol–water partition coefficient (Wildman–Crippen LogP) is 4.39. The van der Waals surface area contributed by atoms with Gasteiger partial charge in [-0.3, -0.25) is 0 Å². The number of rotatable bonds is 6. The number of hydrogen-bond acceptors (Lipinski definition) is 2. The maximum absolute atomic E-state index is 13.7. The Morgan fingerprint density at radius 1 is 1.37 bits per heavy atom. The Balaban J connectivity index is 3.19. The molecule has 0 saturated heterocycles. The Kier molecular flexibility index (Phi) is 5.42. The number of hydrogen-bond donors (Lipinski definition) is 0. The minimum absolute atomic E-state index is 0.0499. The average Bonchev–Trinajstić information content (AvgIpc) is 2.43. The molecule has 19 heavy (non-hydrogen) atoms. The van der Waals surface area contributed by atoms with Crippen LogP contribution in [0.5, 0.6) is 0 Å². The van der Waals surface area contributed by atoms with Gasteiger partial charge >= 0.3 is 0 Å². The smallest absolute Gasteiger partial charge is 0.236 e. The largest absolute Gasteiger partial charge is 0.334 e. The summed E-state index contributed by atoms with van der Waals surface area (Å²) < 4.78 is 27.1. The first-order chi connectivity index (χ1) is 9.02. The first-order valence-corrected chi connectivity index (χ1v) is 5.92. The topological polar surface area (TPSA) is 15.6 Å². The number of alkyl halides is 1. The molecule has 0 fully saturated rings. The van der Waals surface area contributed by atoms with E-state index in [9.17, 15) is 8.78 Å². The average molecular weight is 264 g/mol. The molecule has 0 aliphatic rings. The molecule has 0 saturated carbocycles. The number of aliphatic imine (C=N–C) groups is 1. The molecule has 0 amide bonds. The van der Waals surface area contributed by atoms with Crippen molar-refractivity contribution in [1.29, 1.82) is 0 Å². The number of halogens is 2. The normalized spacial score (nSPS) is 13.5. The number of allylic oxidation sites excluding steroid dienone is 1. The lowest BCUT2D eigenvalue weighted by atomic mass is 10.1. The van der Waals surface area contributed by atoms with E-state index < -0.39 is 12.7 Å². The molecule has 1 rings (SSSR count). The van der Waals surface area contributed by atoms with Gasteiger partial charge in [0.25, 0.3) is 0 Å². The molecule has 4 heteroatoms. The van der Waals surface area contributed by atoms with Gasteiger partial charge in [0.15, 0.2) is 6.80 Å². The Bertz CT molecular complexity index is 480. The Morgan fingerprint density at radius 3 is 2.37 bits per heavy atom. The monoisotopic (exact) mass is 264 g/mol. The second-order valence-electron chi connectivity index (χ2n) is 4.25. The fourth-order valence-electron chi connectivity index (χ4n) is 1.88. The van der Waals surface area contributed by atoms with Crippen LogP contribution in [0.2, 0.25) is 0 Å². The van der Waals surface area contributed by atoms with Crippen molar-refractivity contribution in [3.05, 3.63) is 59.7 Å². The SMILES string of the molecule is C=N/C(F)=C(/C(=C)C)N(CF)C(C)c1ccccc1. The molecule has 0 N–H and O–H groups in total. The molecule has 1 unspecified atom stereocenters. The molecule has 1 aromatic carbocycles. The molecule has 0 aromatic heterocycles. The van der Waals surface area contributed by atoms with E-state index in [0.717, 1.165) is 5.56 Å². The van der Waals surface area contributed by atoms with Crippen LogP contribution in [0.4, 0.5) is 8.78 Å². The summed E-state index contributed by atoms with van der Waals surface area (Å²) in [6, 6.07) is 8.98. The molecular weight excluding hydrogens is 246 g/mol. The van der Waals surface area contributed by atoms with Crippen LogP contribution in [0, 0.1) is 0 Å². The van der Waals surface area contributed by atoms with Crippen molar-refractivity contribution in [3.8, 4) is 0 Å². The van der Waals surface area contributed by atoms with Gasteiger partial charge in [-0.15, -0.1) is 0 Å². The van der Waals surface area contributed by atoms with E-state index in [1.807, 2.05) is 30.3 Å². The molecule has 1 atom stereocenters. The van der Waals surface area contributed by atoms with Crippen LogP contribution < -0.4 is 0 Å². The van der Waals surface area contributed by atoms with E-state index in [1.54, 1.807) is 13.8 Å². The van der Waals surface area contributed by atoms with Gasteiger partial charge in [0.05, 0.1) is 11.7 Å². The van der Waals surface area contributed by atoms with Gasteiger partial charge in [-0.05, 0) is 31.7 Å². The minimum Gasteiger partial charge on any atom is -0.334 e. The lowest BCUT2D eigenvalue weighted by Gasteiger charge is -2.31. The first kappa shape index (κ1) is 15.1. The van der Waals surface area contributed by atoms with E-state index in [-0.39, 0.29) is 11.7 Å². The Labute approximate surface area is 112 Å². The molecule has 0 spiro atoms. The third kappa shape index (κ3) is 3.50. The minimum atomic E-state index is -0.832. The zero-order valence-electron chi connectivity index (χ0n) is 11.2. The highest BCUT2D eigenvalue weighted by atomic mass is 19.1. The number of benzene rings is 1. The standard InChI is InChI=1S/C15H18F2N2/c1-11(2)14(15(17)18-4)19(10-16)12(3)13-8-6-5-7-9-13/h5-9,12H,1,4,10H2,2-3H3/b15-14-. The van der Waals surface area contributed by atoms with Crippen molar-refractivity contribution in [2.45, 2.75) is 19.9 Å². The highest BCUT2D eigenvalue weighted by Gasteiger charge is 2.22. The molecule has 0 aliphatic carbocycles. The van der Waals surface area contributed by atoms with Gasteiger partial charge in [0.1, 0.15) is 0 Å². The van der Waals surface area contributed by atoms with Crippen molar-refractivity contribution >= 4 is 6.72 Å². The summed E-state index contributed by atoms with van der Waals surface area (Å²) in [5.41, 5.74) is 1.34. The second kappa shape index (κ2) is 6.83. The molecule has 1 aromatic rings. The maximum atomic E-state index is 13.7. The summed E-state index contributed by atoms with van der Waals surface area (Å²) in [4.78, 5) is 4.53.